The zero-order valence-electron chi connectivity index (χ0n) is 11.2. The van der Waals surface area contributed by atoms with E-state index < -0.39 is 11.9 Å². The molecule has 18 heavy (non-hydrogen) atoms. The number of hydrogen-bond donors (Lipinski definition) is 1. The van der Waals surface area contributed by atoms with Gasteiger partial charge in [-0.25, -0.2) is 0 Å². The topological polar surface area (TPSA) is 87.2 Å². The number of hydrogen-bond acceptors (Lipinski definition) is 5. The molecule has 0 saturated carbocycles. The number of nitrogens with zero attached hydrogens (tertiary/aromatic N) is 2. The zero-order chi connectivity index (χ0) is 13.9. The lowest BCUT2D eigenvalue weighted by atomic mass is 9.92. The maximum Gasteiger partial charge on any atom is 0.315 e. The van der Waals surface area contributed by atoms with Crippen LogP contribution in [-0.2, 0) is 14.9 Å². The largest absolute Gasteiger partial charge is 0.466 e. The molecule has 0 amide bonds. The maximum absolute atomic E-state index is 11.8. The standard InChI is InChI=1S/C12H19N3O3/c1-5-18-11(17)7-10(16)15-9(13)6-8(14-15)12(2,3)4/h6H,5,7,13H2,1-4H3. The van der Waals surface area contributed by atoms with E-state index in [4.69, 9.17) is 10.5 Å². The first kappa shape index (κ1) is 14.2. The SMILES string of the molecule is CCOC(=O)CC(=O)n1nc(C(C)(C)C)cc1N. The molecule has 1 aromatic heterocycles. The monoisotopic (exact) mass is 253 g/mol. The van der Waals surface area contributed by atoms with Crippen molar-refractivity contribution in [3.8, 4) is 0 Å². The third kappa shape index (κ3) is 3.32. The molecule has 6 nitrogen and oxygen atoms in total. The van der Waals surface area contributed by atoms with Gasteiger partial charge in [0.1, 0.15) is 12.2 Å². The first-order valence-electron chi connectivity index (χ1n) is 5.80. The molecule has 1 rings (SSSR count). The molecule has 0 aliphatic heterocycles. The van der Waals surface area contributed by atoms with Gasteiger partial charge in [0.25, 0.3) is 5.91 Å². The van der Waals surface area contributed by atoms with Gasteiger partial charge in [0.2, 0.25) is 0 Å². The average Bonchev–Trinajstić information content (AvgIpc) is 2.60. The molecule has 0 aliphatic carbocycles. The Morgan fingerprint density at radius 3 is 2.50 bits per heavy atom. The summed E-state index contributed by atoms with van der Waals surface area (Å²) in [5.74, 6) is -0.828. The Morgan fingerprint density at radius 1 is 1.44 bits per heavy atom. The van der Waals surface area contributed by atoms with E-state index in [0.717, 1.165) is 4.68 Å². The summed E-state index contributed by atoms with van der Waals surface area (Å²) in [5.41, 5.74) is 6.22. The summed E-state index contributed by atoms with van der Waals surface area (Å²) in [6, 6.07) is 1.64. The third-order valence-corrected chi connectivity index (χ3v) is 2.34. The van der Waals surface area contributed by atoms with E-state index in [-0.39, 0.29) is 24.3 Å². The highest BCUT2D eigenvalue weighted by molar-refractivity contribution is 5.96. The molecule has 0 bridgehead atoms. The Morgan fingerprint density at radius 2 is 2.06 bits per heavy atom. The molecule has 0 fully saturated rings. The van der Waals surface area contributed by atoms with Crippen molar-refractivity contribution < 1.29 is 14.3 Å². The lowest BCUT2D eigenvalue weighted by molar-refractivity contribution is -0.142. The van der Waals surface area contributed by atoms with Gasteiger partial charge in [-0.1, -0.05) is 20.8 Å². The van der Waals surface area contributed by atoms with Crippen molar-refractivity contribution in [2.45, 2.75) is 39.5 Å². The molecule has 0 aromatic carbocycles. The van der Waals surface area contributed by atoms with Crippen molar-refractivity contribution >= 4 is 17.7 Å². The van der Waals surface area contributed by atoms with Crippen LogP contribution < -0.4 is 5.73 Å². The first-order valence-corrected chi connectivity index (χ1v) is 5.80. The number of rotatable bonds is 3. The van der Waals surface area contributed by atoms with Crippen molar-refractivity contribution in [3.63, 3.8) is 0 Å². The molecular formula is C12H19N3O3. The van der Waals surface area contributed by atoms with Crippen molar-refractivity contribution in [3.05, 3.63) is 11.8 Å². The molecule has 0 atom stereocenters. The fraction of sp³-hybridized carbons (Fsp3) is 0.583. The highest BCUT2D eigenvalue weighted by atomic mass is 16.5. The fourth-order valence-electron chi connectivity index (χ4n) is 1.37. The van der Waals surface area contributed by atoms with Crippen LogP contribution in [0, 0.1) is 0 Å². The molecule has 0 unspecified atom stereocenters. The average molecular weight is 253 g/mol. The quantitative estimate of drug-likeness (QED) is 0.649. The Balaban J connectivity index is 2.87. The lowest BCUT2D eigenvalue weighted by Crippen LogP contribution is -2.21. The minimum absolute atomic E-state index is 0.205. The van der Waals surface area contributed by atoms with Crippen molar-refractivity contribution in [1.29, 1.82) is 0 Å². The van der Waals surface area contributed by atoms with Crippen LogP contribution in [0.4, 0.5) is 5.82 Å². The Kier molecular flexibility index (Phi) is 4.11. The molecule has 1 heterocycles. The van der Waals surface area contributed by atoms with E-state index in [1.54, 1.807) is 13.0 Å². The predicted molar refractivity (Wildman–Crippen MR) is 67.2 cm³/mol. The summed E-state index contributed by atoms with van der Waals surface area (Å²) in [4.78, 5) is 23.0. The van der Waals surface area contributed by atoms with Crippen molar-refractivity contribution in [2.24, 2.45) is 0 Å². The Hall–Kier alpha value is -1.85. The van der Waals surface area contributed by atoms with Gasteiger partial charge in [0.05, 0.1) is 12.3 Å². The Labute approximate surface area is 106 Å². The summed E-state index contributed by atoms with van der Waals surface area (Å²) < 4.78 is 5.76. The zero-order valence-corrected chi connectivity index (χ0v) is 11.2. The number of esters is 1. The van der Waals surface area contributed by atoms with Crippen LogP contribution in [0.5, 0.6) is 0 Å². The minimum atomic E-state index is -0.574. The third-order valence-electron chi connectivity index (χ3n) is 2.34. The lowest BCUT2D eigenvalue weighted by Gasteiger charge is -2.13. The number of aromatic nitrogens is 2. The molecular weight excluding hydrogens is 234 g/mol. The summed E-state index contributed by atoms with van der Waals surface area (Å²) in [6.07, 6.45) is -0.358. The van der Waals surface area contributed by atoms with Gasteiger partial charge in [-0.3, -0.25) is 9.59 Å². The second kappa shape index (κ2) is 5.20. The van der Waals surface area contributed by atoms with Gasteiger partial charge < -0.3 is 10.5 Å². The van der Waals surface area contributed by atoms with E-state index in [0.29, 0.717) is 5.69 Å². The molecule has 2 N–H and O–H groups in total. The fourth-order valence-corrected chi connectivity index (χ4v) is 1.37. The number of anilines is 1. The molecule has 0 saturated heterocycles. The smallest absolute Gasteiger partial charge is 0.315 e. The predicted octanol–water partition coefficient (Wildman–Crippen LogP) is 1.36. The highest BCUT2D eigenvalue weighted by Crippen LogP contribution is 2.22. The van der Waals surface area contributed by atoms with Crippen LogP contribution in [0.3, 0.4) is 0 Å². The summed E-state index contributed by atoms with van der Waals surface area (Å²) in [6.45, 7) is 7.83. The number of nitrogens with two attached hydrogens (primary N) is 1. The van der Waals surface area contributed by atoms with E-state index >= 15 is 0 Å². The molecule has 0 spiro atoms. The second-order valence-electron chi connectivity index (χ2n) is 4.99. The molecule has 0 aliphatic rings. The van der Waals surface area contributed by atoms with Crippen LogP contribution in [-0.4, -0.2) is 28.3 Å². The van der Waals surface area contributed by atoms with Crippen LogP contribution >= 0.6 is 0 Å². The van der Waals surface area contributed by atoms with Gasteiger partial charge in [0.15, 0.2) is 0 Å². The van der Waals surface area contributed by atoms with Crippen molar-refractivity contribution in [2.75, 3.05) is 12.3 Å². The normalized spacial score (nSPS) is 11.3. The van der Waals surface area contributed by atoms with Gasteiger partial charge in [0, 0.05) is 11.5 Å². The molecule has 100 valence electrons. The van der Waals surface area contributed by atoms with Gasteiger partial charge in [-0.15, -0.1) is 0 Å². The van der Waals surface area contributed by atoms with Crippen molar-refractivity contribution in [1.82, 2.24) is 9.78 Å². The van der Waals surface area contributed by atoms with Crippen LogP contribution in [0.1, 0.15) is 44.6 Å². The summed E-state index contributed by atoms with van der Waals surface area (Å²) >= 11 is 0. The van der Waals surface area contributed by atoms with Gasteiger partial charge >= 0.3 is 5.97 Å². The second-order valence-corrected chi connectivity index (χ2v) is 4.99. The van der Waals surface area contributed by atoms with Gasteiger partial charge in [-0.2, -0.15) is 9.78 Å². The first-order chi connectivity index (χ1) is 8.25. The van der Waals surface area contributed by atoms with E-state index in [1.807, 2.05) is 20.8 Å². The van der Waals surface area contributed by atoms with Crippen LogP contribution in [0.25, 0.3) is 0 Å². The number of carbonyl (C=O) groups is 2. The number of ether oxygens (including phenoxy) is 1. The van der Waals surface area contributed by atoms with Gasteiger partial charge in [-0.05, 0) is 6.92 Å². The van der Waals surface area contributed by atoms with E-state index in [2.05, 4.69) is 5.10 Å². The van der Waals surface area contributed by atoms with Crippen LogP contribution in [0.2, 0.25) is 0 Å². The molecule has 0 radical (unpaired) electrons. The Bertz CT molecular complexity index is 458. The summed E-state index contributed by atoms with van der Waals surface area (Å²) in [7, 11) is 0. The van der Waals surface area contributed by atoms with Crippen LogP contribution in [0.15, 0.2) is 6.07 Å². The van der Waals surface area contributed by atoms with E-state index in [1.165, 1.54) is 0 Å². The van der Waals surface area contributed by atoms with E-state index in [9.17, 15) is 9.59 Å². The number of nitrogen functional groups attached to an aromatic ring is 1. The maximum atomic E-state index is 11.8. The minimum Gasteiger partial charge on any atom is -0.466 e. The number of carbonyl (C=O) groups excluding carboxylic acids is 2. The molecule has 6 heteroatoms. The summed E-state index contributed by atoms with van der Waals surface area (Å²) in [5, 5.41) is 4.13. The highest BCUT2D eigenvalue weighted by Gasteiger charge is 2.22. The molecule has 1 aromatic rings.